The van der Waals surface area contributed by atoms with Gasteiger partial charge in [-0.25, -0.2) is 0 Å². The van der Waals surface area contributed by atoms with E-state index in [9.17, 15) is 4.57 Å². The molecule has 0 fully saturated rings. The Bertz CT molecular complexity index is 423. The van der Waals surface area contributed by atoms with Gasteiger partial charge in [0.2, 0.25) is 6.79 Å². The van der Waals surface area contributed by atoms with Crippen molar-refractivity contribution in [3.63, 3.8) is 0 Å². The number of rotatable bonds is 4. The molecular formula is C10H13O5P. The third kappa shape index (κ3) is 2.21. The van der Waals surface area contributed by atoms with Gasteiger partial charge < -0.3 is 18.5 Å². The minimum atomic E-state index is -3.02. The van der Waals surface area contributed by atoms with Gasteiger partial charge in [-0.15, -0.1) is 0 Å². The first-order chi connectivity index (χ1) is 7.67. The van der Waals surface area contributed by atoms with Crippen molar-refractivity contribution in [1.29, 1.82) is 0 Å². The first-order valence-electron chi connectivity index (χ1n) is 4.76. The summed E-state index contributed by atoms with van der Waals surface area (Å²) in [6, 6.07) is 5.39. The average Bonchev–Trinajstić information content (AvgIpc) is 2.76. The fourth-order valence-corrected chi connectivity index (χ4v) is 2.52. The van der Waals surface area contributed by atoms with Gasteiger partial charge in [0.05, 0.1) is 6.16 Å². The number of fused-ring (bicyclic) bond motifs is 1. The first-order valence-corrected chi connectivity index (χ1v) is 6.49. The van der Waals surface area contributed by atoms with E-state index in [4.69, 9.17) is 18.5 Å². The van der Waals surface area contributed by atoms with Crippen LogP contribution >= 0.6 is 7.60 Å². The topological polar surface area (TPSA) is 54.0 Å². The summed E-state index contributed by atoms with van der Waals surface area (Å²) in [5.41, 5.74) is 0.830. The van der Waals surface area contributed by atoms with Crippen LogP contribution in [0.2, 0.25) is 0 Å². The largest absolute Gasteiger partial charge is 0.454 e. The van der Waals surface area contributed by atoms with Gasteiger partial charge in [0.15, 0.2) is 11.5 Å². The molecule has 0 unspecified atom stereocenters. The van der Waals surface area contributed by atoms with Crippen LogP contribution in [0, 0.1) is 0 Å². The van der Waals surface area contributed by atoms with E-state index in [0.717, 1.165) is 5.56 Å². The normalized spacial score (nSPS) is 14.1. The Labute approximate surface area is 93.8 Å². The molecule has 0 amide bonds. The van der Waals surface area contributed by atoms with Crippen LogP contribution in [-0.2, 0) is 19.8 Å². The smallest absolute Gasteiger partial charge is 0.334 e. The van der Waals surface area contributed by atoms with Gasteiger partial charge in [0.25, 0.3) is 0 Å². The SMILES string of the molecule is COP(=O)(Cc1ccc2c(c1)OCO2)OC. The van der Waals surface area contributed by atoms with E-state index in [-0.39, 0.29) is 13.0 Å². The summed E-state index contributed by atoms with van der Waals surface area (Å²) < 4.78 is 32.1. The van der Waals surface area contributed by atoms with Crippen molar-refractivity contribution in [3.05, 3.63) is 23.8 Å². The zero-order valence-electron chi connectivity index (χ0n) is 9.13. The second-order valence-corrected chi connectivity index (χ2v) is 5.59. The Balaban J connectivity index is 2.19. The third-order valence-corrected chi connectivity index (χ3v) is 4.23. The molecule has 0 radical (unpaired) electrons. The molecule has 6 heteroatoms. The molecule has 1 aromatic carbocycles. The zero-order chi connectivity index (χ0) is 11.6. The van der Waals surface area contributed by atoms with Gasteiger partial charge in [0, 0.05) is 14.2 Å². The minimum absolute atomic E-state index is 0.219. The van der Waals surface area contributed by atoms with Crippen LogP contribution in [0.4, 0.5) is 0 Å². The summed E-state index contributed by atoms with van der Waals surface area (Å²) in [6.45, 7) is 0.227. The van der Waals surface area contributed by atoms with Crippen molar-refractivity contribution in [2.45, 2.75) is 6.16 Å². The van der Waals surface area contributed by atoms with Gasteiger partial charge in [-0.05, 0) is 17.7 Å². The molecule has 0 aromatic heterocycles. The molecule has 0 aliphatic carbocycles. The van der Waals surface area contributed by atoms with E-state index >= 15 is 0 Å². The average molecular weight is 244 g/mol. The lowest BCUT2D eigenvalue weighted by Gasteiger charge is -2.13. The van der Waals surface area contributed by atoms with Crippen LogP contribution in [0.15, 0.2) is 18.2 Å². The number of hydrogen-bond acceptors (Lipinski definition) is 5. The molecule has 1 heterocycles. The molecule has 0 spiro atoms. The van der Waals surface area contributed by atoms with E-state index in [1.54, 1.807) is 12.1 Å². The minimum Gasteiger partial charge on any atom is -0.454 e. The summed E-state index contributed by atoms with van der Waals surface area (Å²) in [5.74, 6) is 1.37. The van der Waals surface area contributed by atoms with E-state index in [0.29, 0.717) is 11.5 Å². The van der Waals surface area contributed by atoms with Crippen LogP contribution in [-0.4, -0.2) is 21.0 Å². The molecule has 0 saturated heterocycles. The molecule has 0 N–H and O–H groups in total. The second-order valence-electron chi connectivity index (χ2n) is 3.32. The van der Waals surface area contributed by atoms with Crippen molar-refractivity contribution in [2.75, 3.05) is 21.0 Å². The summed E-state index contributed by atoms with van der Waals surface area (Å²) in [4.78, 5) is 0. The lowest BCUT2D eigenvalue weighted by Crippen LogP contribution is -1.94. The standard InChI is InChI=1S/C10H13O5P/c1-12-16(11,13-2)6-8-3-4-9-10(5-8)15-7-14-9/h3-5H,6-7H2,1-2H3. The highest BCUT2D eigenvalue weighted by Crippen LogP contribution is 2.50. The van der Waals surface area contributed by atoms with E-state index in [1.807, 2.05) is 6.07 Å². The van der Waals surface area contributed by atoms with E-state index < -0.39 is 7.60 Å². The molecule has 1 aromatic rings. The Morgan fingerprint density at radius 2 is 1.94 bits per heavy atom. The van der Waals surface area contributed by atoms with Gasteiger partial charge >= 0.3 is 7.60 Å². The maximum absolute atomic E-state index is 11.9. The molecular weight excluding hydrogens is 231 g/mol. The molecule has 16 heavy (non-hydrogen) atoms. The van der Waals surface area contributed by atoms with Crippen LogP contribution in [0.1, 0.15) is 5.56 Å². The predicted molar refractivity (Wildman–Crippen MR) is 57.9 cm³/mol. The highest BCUT2D eigenvalue weighted by Gasteiger charge is 2.23. The predicted octanol–water partition coefficient (Wildman–Crippen LogP) is 2.40. The van der Waals surface area contributed by atoms with Crippen LogP contribution in [0.25, 0.3) is 0 Å². The third-order valence-electron chi connectivity index (χ3n) is 2.37. The monoisotopic (exact) mass is 244 g/mol. The quantitative estimate of drug-likeness (QED) is 0.761. The van der Waals surface area contributed by atoms with Crippen molar-refractivity contribution in [1.82, 2.24) is 0 Å². The van der Waals surface area contributed by atoms with Crippen LogP contribution < -0.4 is 9.47 Å². The van der Waals surface area contributed by atoms with Crippen molar-refractivity contribution in [2.24, 2.45) is 0 Å². The van der Waals surface area contributed by atoms with Crippen molar-refractivity contribution in [3.8, 4) is 11.5 Å². The molecule has 0 atom stereocenters. The Morgan fingerprint density at radius 1 is 1.25 bits per heavy atom. The maximum atomic E-state index is 11.9. The highest BCUT2D eigenvalue weighted by molar-refractivity contribution is 7.52. The maximum Gasteiger partial charge on any atom is 0.334 e. The van der Waals surface area contributed by atoms with E-state index in [2.05, 4.69) is 0 Å². The van der Waals surface area contributed by atoms with Gasteiger partial charge in [-0.1, -0.05) is 6.07 Å². The lowest BCUT2D eigenvalue weighted by atomic mass is 10.2. The molecule has 1 aliphatic heterocycles. The zero-order valence-corrected chi connectivity index (χ0v) is 10.0. The second kappa shape index (κ2) is 4.45. The van der Waals surface area contributed by atoms with Crippen molar-refractivity contribution >= 4 is 7.60 Å². The molecule has 2 rings (SSSR count). The Morgan fingerprint density at radius 3 is 2.62 bits per heavy atom. The Kier molecular flexibility index (Phi) is 3.19. The fourth-order valence-electron chi connectivity index (χ4n) is 1.47. The van der Waals surface area contributed by atoms with Crippen LogP contribution in [0.5, 0.6) is 11.5 Å². The summed E-state index contributed by atoms with van der Waals surface area (Å²) in [7, 11) is -0.280. The number of ether oxygens (including phenoxy) is 2. The fraction of sp³-hybridized carbons (Fsp3) is 0.400. The summed E-state index contributed by atoms with van der Waals surface area (Å²) >= 11 is 0. The molecule has 0 saturated carbocycles. The lowest BCUT2D eigenvalue weighted by molar-refractivity contribution is 0.174. The summed E-state index contributed by atoms with van der Waals surface area (Å²) in [5, 5.41) is 0. The number of benzene rings is 1. The Hall–Kier alpha value is -1.03. The van der Waals surface area contributed by atoms with Gasteiger partial charge in [-0.3, -0.25) is 4.57 Å². The van der Waals surface area contributed by atoms with Gasteiger partial charge in [-0.2, -0.15) is 0 Å². The number of hydrogen-bond donors (Lipinski definition) is 0. The van der Waals surface area contributed by atoms with Crippen LogP contribution in [0.3, 0.4) is 0 Å². The highest BCUT2D eigenvalue weighted by atomic mass is 31.2. The molecule has 0 bridgehead atoms. The molecule has 5 nitrogen and oxygen atoms in total. The summed E-state index contributed by atoms with van der Waals surface area (Å²) in [6.07, 6.45) is 0.219. The van der Waals surface area contributed by atoms with Gasteiger partial charge in [0.1, 0.15) is 0 Å². The van der Waals surface area contributed by atoms with E-state index in [1.165, 1.54) is 14.2 Å². The first kappa shape index (κ1) is 11.5. The molecule has 88 valence electrons. The van der Waals surface area contributed by atoms with Crippen molar-refractivity contribution < 1.29 is 23.1 Å². The molecule has 1 aliphatic rings.